The van der Waals surface area contributed by atoms with E-state index < -0.39 is 6.10 Å². The first-order valence-corrected chi connectivity index (χ1v) is 7.93. The Hall–Kier alpha value is -1.06. The molecular formula is C17H11BrCl2O. The number of hydrogen-bond donors (Lipinski definition) is 1. The standard InChI is InChI=1S/C17H11BrCl2O/c18-10-5-6-14(16(20)9-10)17(21)13-7-8-15(19)12-4-2-1-3-11(12)13/h1-9,17,21H. The second-order valence-corrected chi connectivity index (χ2v) is 6.48. The molecule has 0 fully saturated rings. The number of hydrogen-bond acceptors (Lipinski definition) is 1. The highest BCUT2D eigenvalue weighted by Gasteiger charge is 2.17. The Morgan fingerprint density at radius 1 is 0.810 bits per heavy atom. The average Bonchev–Trinajstić information content (AvgIpc) is 2.47. The molecule has 0 spiro atoms. The molecule has 0 amide bonds. The van der Waals surface area contributed by atoms with Crippen LogP contribution in [-0.2, 0) is 0 Å². The zero-order valence-electron chi connectivity index (χ0n) is 10.9. The molecular weight excluding hydrogens is 371 g/mol. The summed E-state index contributed by atoms with van der Waals surface area (Å²) < 4.78 is 0.879. The van der Waals surface area contributed by atoms with Crippen molar-refractivity contribution < 1.29 is 5.11 Å². The maximum atomic E-state index is 10.7. The molecule has 0 heterocycles. The third-order valence-corrected chi connectivity index (χ3v) is 4.61. The van der Waals surface area contributed by atoms with Crippen molar-refractivity contribution in [3.8, 4) is 0 Å². The molecule has 0 bridgehead atoms. The number of benzene rings is 3. The molecule has 1 unspecified atom stereocenters. The smallest absolute Gasteiger partial charge is 0.106 e. The van der Waals surface area contributed by atoms with E-state index >= 15 is 0 Å². The molecule has 0 aliphatic carbocycles. The second kappa shape index (κ2) is 5.98. The zero-order chi connectivity index (χ0) is 15.0. The highest BCUT2D eigenvalue weighted by Crippen LogP contribution is 2.35. The maximum absolute atomic E-state index is 10.7. The van der Waals surface area contributed by atoms with Gasteiger partial charge in [-0.25, -0.2) is 0 Å². The first kappa shape index (κ1) is 14.9. The summed E-state index contributed by atoms with van der Waals surface area (Å²) >= 11 is 15.8. The van der Waals surface area contributed by atoms with E-state index in [9.17, 15) is 5.11 Å². The normalized spacial score (nSPS) is 12.6. The predicted molar refractivity (Wildman–Crippen MR) is 92.2 cm³/mol. The maximum Gasteiger partial charge on any atom is 0.106 e. The van der Waals surface area contributed by atoms with Crippen LogP contribution in [0.5, 0.6) is 0 Å². The molecule has 0 saturated carbocycles. The van der Waals surface area contributed by atoms with Crippen molar-refractivity contribution >= 4 is 49.9 Å². The molecule has 3 rings (SSSR count). The van der Waals surface area contributed by atoms with E-state index in [1.54, 1.807) is 12.1 Å². The van der Waals surface area contributed by atoms with Crippen LogP contribution in [0.3, 0.4) is 0 Å². The number of rotatable bonds is 2. The minimum absolute atomic E-state index is 0.524. The second-order valence-electron chi connectivity index (χ2n) is 4.75. The molecule has 4 heteroatoms. The van der Waals surface area contributed by atoms with Gasteiger partial charge < -0.3 is 5.11 Å². The Bertz CT molecular complexity index is 817. The molecule has 0 aromatic heterocycles. The lowest BCUT2D eigenvalue weighted by Crippen LogP contribution is -2.01. The molecule has 0 saturated heterocycles. The lowest BCUT2D eigenvalue weighted by molar-refractivity contribution is 0.222. The van der Waals surface area contributed by atoms with Gasteiger partial charge in [0, 0.05) is 25.5 Å². The van der Waals surface area contributed by atoms with E-state index in [-0.39, 0.29) is 0 Å². The van der Waals surface area contributed by atoms with Crippen molar-refractivity contribution in [1.82, 2.24) is 0 Å². The molecule has 0 aliphatic heterocycles. The first-order valence-electron chi connectivity index (χ1n) is 6.38. The van der Waals surface area contributed by atoms with E-state index in [1.165, 1.54) is 0 Å². The lowest BCUT2D eigenvalue weighted by Gasteiger charge is -2.16. The summed E-state index contributed by atoms with van der Waals surface area (Å²) in [7, 11) is 0. The van der Waals surface area contributed by atoms with Crippen LogP contribution in [0.4, 0.5) is 0 Å². The fourth-order valence-corrected chi connectivity index (χ4v) is 3.42. The Morgan fingerprint density at radius 2 is 1.48 bits per heavy atom. The summed E-state index contributed by atoms with van der Waals surface area (Å²) in [5.74, 6) is 0. The molecule has 1 N–H and O–H groups in total. The van der Waals surface area contributed by atoms with Gasteiger partial charge in [0.1, 0.15) is 6.10 Å². The summed E-state index contributed by atoms with van der Waals surface area (Å²) in [5.41, 5.74) is 1.46. The number of aliphatic hydroxyl groups is 1. The van der Waals surface area contributed by atoms with Gasteiger partial charge in [0.2, 0.25) is 0 Å². The van der Waals surface area contributed by atoms with Crippen LogP contribution in [0.2, 0.25) is 10.0 Å². The van der Waals surface area contributed by atoms with Crippen molar-refractivity contribution in [2.24, 2.45) is 0 Å². The summed E-state index contributed by atoms with van der Waals surface area (Å²) in [6.45, 7) is 0. The average molecular weight is 382 g/mol. The lowest BCUT2D eigenvalue weighted by atomic mass is 9.96. The van der Waals surface area contributed by atoms with Crippen molar-refractivity contribution in [3.63, 3.8) is 0 Å². The van der Waals surface area contributed by atoms with Crippen molar-refractivity contribution in [2.45, 2.75) is 6.10 Å². The Labute approximate surface area is 141 Å². The Kier molecular flexibility index (Phi) is 4.23. The van der Waals surface area contributed by atoms with E-state index in [0.717, 1.165) is 20.8 Å². The molecule has 106 valence electrons. The van der Waals surface area contributed by atoms with Gasteiger partial charge in [0.05, 0.1) is 0 Å². The highest BCUT2D eigenvalue weighted by atomic mass is 79.9. The van der Waals surface area contributed by atoms with E-state index in [2.05, 4.69) is 15.9 Å². The van der Waals surface area contributed by atoms with Crippen LogP contribution in [0.1, 0.15) is 17.2 Å². The fourth-order valence-electron chi connectivity index (χ4n) is 2.41. The van der Waals surface area contributed by atoms with Gasteiger partial charge in [0.15, 0.2) is 0 Å². The van der Waals surface area contributed by atoms with E-state index in [1.807, 2.05) is 42.5 Å². The van der Waals surface area contributed by atoms with Gasteiger partial charge in [-0.15, -0.1) is 0 Å². The number of aliphatic hydroxyl groups excluding tert-OH is 1. The van der Waals surface area contributed by atoms with Crippen LogP contribution in [-0.4, -0.2) is 5.11 Å². The Balaban J connectivity index is 2.18. The fraction of sp³-hybridized carbons (Fsp3) is 0.0588. The van der Waals surface area contributed by atoms with Gasteiger partial charge in [0.25, 0.3) is 0 Å². The third kappa shape index (κ3) is 2.82. The van der Waals surface area contributed by atoms with Gasteiger partial charge in [-0.2, -0.15) is 0 Å². The number of fused-ring (bicyclic) bond motifs is 1. The molecule has 0 aliphatic rings. The largest absolute Gasteiger partial charge is 0.384 e. The monoisotopic (exact) mass is 380 g/mol. The highest BCUT2D eigenvalue weighted by molar-refractivity contribution is 9.10. The van der Waals surface area contributed by atoms with Crippen molar-refractivity contribution in [3.05, 3.63) is 80.2 Å². The van der Waals surface area contributed by atoms with Gasteiger partial charge in [-0.3, -0.25) is 0 Å². The van der Waals surface area contributed by atoms with Crippen molar-refractivity contribution in [1.29, 1.82) is 0 Å². The molecule has 3 aromatic rings. The van der Waals surface area contributed by atoms with Crippen LogP contribution in [0.25, 0.3) is 10.8 Å². The number of halogens is 3. The quantitative estimate of drug-likeness (QED) is 0.577. The molecule has 3 aromatic carbocycles. The summed E-state index contributed by atoms with van der Waals surface area (Å²) in [5, 5.41) is 13.8. The van der Waals surface area contributed by atoms with Crippen LogP contribution < -0.4 is 0 Å². The predicted octanol–water partition coefficient (Wildman–Crippen LogP) is 5.99. The van der Waals surface area contributed by atoms with Crippen LogP contribution in [0.15, 0.2) is 59.1 Å². The first-order chi connectivity index (χ1) is 10.1. The molecule has 1 atom stereocenters. The minimum Gasteiger partial charge on any atom is -0.384 e. The van der Waals surface area contributed by atoms with E-state index in [0.29, 0.717) is 15.6 Å². The minimum atomic E-state index is -0.798. The van der Waals surface area contributed by atoms with Gasteiger partial charge in [-0.1, -0.05) is 75.5 Å². The van der Waals surface area contributed by atoms with Gasteiger partial charge >= 0.3 is 0 Å². The van der Waals surface area contributed by atoms with Gasteiger partial charge in [-0.05, 0) is 29.1 Å². The summed E-state index contributed by atoms with van der Waals surface area (Å²) in [6, 6.07) is 16.8. The SMILES string of the molecule is OC(c1ccc(Br)cc1Cl)c1ccc(Cl)c2ccccc12. The third-order valence-electron chi connectivity index (χ3n) is 3.46. The topological polar surface area (TPSA) is 20.2 Å². The molecule has 1 nitrogen and oxygen atoms in total. The summed E-state index contributed by atoms with van der Waals surface area (Å²) in [4.78, 5) is 0. The zero-order valence-corrected chi connectivity index (χ0v) is 14.0. The summed E-state index contributed by atoms with van der Waals surface area (Å²) in [6.07, 6.45) is -0.798. The van der Waals surface area contributed by atoms with Crippen LogP contribution >= 0.6 is 39.1 Å². The van der Waals surface area contributed by atoms with E-state index in [4.69, 9.17) is 23.2 Å². The molecule has 0 radical (unpaired) electrons. The molecule has 21 heavy (non-hydrogen) atoms. The Morgan fingerprint density at radius 3 is 2.19 bits per heavy atom. The van der Waals surface area contributed by atoms with Crippen molar-refractivity contribution in [2.75, 3.05) is 0 Å². The van der Waals surface area contributed by atoms with Crippen LogP contribution in [0, 0.1) is 0 Å².